The van der Waals surface area contributed by atoms with Gasteiger partial charge < -0.3 is 10.6 Å². The highest BCUT2D eigenvalue weighted by atomic mass is 35.5. The second-order valence-electron chi connectivity index (χ2n) is 3.38. The van der Waals surface area contributed by atoms with Crippen LogP contribution in [0.5, 0.6) is 0 Å². The van der Waals surface area contributed by atoms with Gasteiger partial charge in [0.15, 0.2) is 0 Å². The van der Waals surface area contributed by atoms with E-state index < -0.39 is 0 Å². The molecule has 90 valence electrons. The van der Waals surface area contributed by atoms with Gasteiger partial charge >= 0.3 is 0 Å². The Morgan fingerprint density at radius 1 is 1.71 bits per heavy atom. The number of rotatable bonds is 4. The molecule has 2 N–H and O–H groups in total. The Labute approximate surface area is 105 Å². The average Bonchev–Trinajstić information content (AvgIpc) is 2.33. The molecule has 0 aliphatic rings. The van der Waals surface area contributed by atoms with E-state index in [0.29, 0.717) is 18.7 Å². The fourth-order valence-electron chi connectivity index (χ4n) is 1.38. The molecule has 1 rings (SSSR count). The third-order valence-corrected chi connectivity index (χ3v) is 2.57. The molecular formula is C11H13ClN4O. The number of anilines is 1. The molecule has 5 nitrogen and oxygen atoms in total. The number of halogens is 1. The zero-order valence-electron chi connectivity index (χ0n) is 9.48. The van der Waals surface area contributed by atoms with Gasteiger partial charge in [0.05, 0.1) is 23.1 Å². The molecule has 0 radical (unpaired) electrons. The Kier molecular flexibility index (Phi) is 4.73. The summed E-state index contributed by atoms with van der Waals surface area (Å²) in [5, 5.41) is 8.78. The van der Waals surface area contributed by atoms with Crippen molar-refractivity contribution in [2.24, 2.45) is 0 Å². The van der Waals surface area contributed by atoms with Gasteiger partial charge in [-0.15, -0.1) is 0 Å². The number of hydrogen-bond donors (Lipinski definition) is 1. The van der Waals surface area contributed by atoms with Crippen LogP contribution in [-0.2, 0) is 0 Å². The van der Waals surface area contributed by atoms with Gasteiger partial charge in [-0.25, -0.2) is 4.98 Å². The van der Waals surface area contributed by atoms with E-state index in [4.69, 9.17) is 22.6 Å². The second-order valence-corrected chi connectivity index (χ2v) is 3.79. The highest BCUT2D eigenvalue weighted by Crippen LogP contribution is 2.18. The summed E-state index contributed by atoms with van der Waals surface area (Å²) < 4.78 is 0. The van der Waals surface area contributed by atoms with Crippen molar-refractivity contribution in [3.8, 4) is 6.07 Å². The Morgan fingerprint density at radius 3 is 3.00 bits per heavy atom. The number of carbonyl (C=O) groups is 1. The summed E-state index contributed by atoms with van der Waals surface area (Å²) in [5.41, 5.74) is 5.83. The molecule has 0 unspecified atom stereocenters. The Balaban J connectivity index is 2.94. The lowest BCUT2D eigenvalue weighted by Crippen LogP contribution is -2.32. The first-order valence-corrected chi connectivity index (χ1v) is 5.55. The molecule has 1 aromatic heterocycles. The van der Waals surface area contributed by atoms with E-state index in [1.807, 2.05) is 13.0 Å². The number of nitrogens with two attached hydrogens (primary N) is 1. The summed E-state index contributed by atoms with van der Waals surface area (Å²) in [7, 11) is 0. The molecule has 0 saturated carbocycles. The standard InChI is InChI=1S/C11H13ClN4O/c1-2-16(5-3-4-13)11(17)8-6-10(14)15-7-9(8)12/h6-7H,2-3,5H2,1H3,(H2,14,15). The SMILES string of the molecule is CCN(CCC#N)C(=O)c1cc(N)ncc1Cl. The maximum absolute atomic E-state index is 12.1. The number of carbonyl (C=O) groups excluding carboxylic acids is 1. The van der Waals surface area contributed by atoms with Crippen LogP contribution in [0.1, 0.15) is 23.7 Å². The van der Waals surface area contributed by atoms with Gasteiger partial charge in [-0.1, -0.05) is 11.6 Å². The third-order valence-electron chi connectivity index (χ3n) is 2.27. The minimum Gasteiger partial charge on any atom is -0.384 e. The molecule has 0 aliphatic heterocycles. The Hall–Kier alpha value is -1.80. The summed E-state index contributed by atoms with van der Waals surface area (Å²) in [6.07, 6.45) is 1.64. The van der Waals surface area contributed by atoms with Crippen molar-refractivity contribution < 1.29 is 4.79 Å². The zero-order chi connectivity index (χ0) is 12.8. The predicted molar refractivity (Wildman–Crippen MR) is 65.5 cm³/mol. The van der Waals surface area contributed by atoms with Gasteiger partial charge in [0, 0.05) is 19.3 Å². The summed E-state index contributed by atoms with van der Waals surface area (Å²) in [4.78, 5) is 17.4. The largest absolute Gasteiger partial charge is 0.384 e. The summed E-state index contributed by atoms with van der Waals surface area (Å²) in [6.45, 7) is 2.73. The van der Waals surface area contributed by atoms with Crippen LogP contribution in [0.3, 0.4) is 0 Å². The van der Waals surface area contributed by atoms with Gasteiger partial charge in [-0.05, 0) is 13.0 Å². The van der Waals surface area contributed by atoms with E-state index in [0.717, 1.165) is 0 Å². The van der Waals surface area contributed by atoms with Crippen LogP contribution in [0.4, 0.5) is 5.82 Å². The minimum absolute atomic E-state index is 0.234. The van der Waals surface area contributed by atoms with Crippen molar-refractivity contribution in [1.82, 2.24) is 9.88 Å². The Morgan fingerprint density at radius 2 is 2.41 bits per heavy atom. The number of amides is 1. The van der Waals surface area contributed by atoms with Gasteiger partial charge in [-0.3, -0.25) is 4.79 Å². The van der Waals surface area contributed by atoms with Crippen molar-refractivity contribution in [3.05, 3.63) is 22.8 Å². The summed E-state index contributed by atoms with van der Waals surface area (Å²) in [6, 6.07) is 3.45. The first-order valence-electron chi connectivity index (χ1n) is 5.17. The predicted octanol–water partition coefficient (Wildman–Crippen LogP) is 1.69. The molecule has 0 aliphatic carbocycles. The van der Waals surface area contributed by atoms with Gasteiger partial charge in [0.2, 0.25) is 0 Å². The molecule has 0 bridgehead atoms. The molecular weight excluding hydrogens is 240 g/mol. The molecule has 0 aromatic carbocycles. The van der Waals surface area contributed by atoms with Crippen molar-refractivity contribution in [2.75, 3.05) is 18.8 Å². The molecule has 1 heterocycles. The molecule has 0 fully saturated rings. The quantitative estimate of drug-likeness (QED) is 0.884. The first kappa shape index (κ1) is 13.3. The third kappa shape index (κ3) is 3.33. The first-order chi connectivity index (χ1) is 8.10. The molecule has 1 amide bonds. The fraction of sp³-hybridized carbons (Fsp3) is 0.364. The maximum atomic E-state index is 12.1. The van der Waals surface area contributed by atoms with E-state index in [1.54, 1.807) is 4.90 Å². The lowest BCUT2D eigenvalue weighted by Gasteiger charge is -2.20. The molecule has 1 aromatic rings. The lowest BCUT2D eigenvalue weighted by molar-refractivity contribution is 0.0768. The average molecular weight is 253 g/mol. The Bertz CT molecular complexity index is 455. The monoisotopic (exact) mass is 252 g/mol. The van der Waals surface area contributed by atoms with Crippen molar-refractivity contribution >= 4 is 23.3 Å². The number of pyridine rings is 1. The minimum atomic E-state index is -0.234. The zero-order valence-corrected chi connectivity index (χ0v) is 10.2. The van der Waals surface area contributed by atoms with Crippen LogP contribution in [0.2, 0.25) is 5.02 Å². The number of hydrogen-bond acceptors (Lipinski definition) is 4. The van der Waals surface area contributed by atoms with Crippen LogP contribution in [0, 0.1) is 11.3 Å². The van der Waals surface area contributed by atoms with Crippen molar-refractivity contribution in [3.63, 3.8) is 0 Å². The summed E-state index contributed by atoms with van der Waals surface area (Å²) >= 11 is 5.90. The fourth-order valence-corrected chi connectivity index (χ4v) is 1.56. The van der Waals surface area contributed by atoms with E-state index in [2.05, 4.69) is 4.98 Å². The van der Waals surface area contributed by atoms with E-state index in [1.165, 1.54) is 12.3 Å². The van der Waals surface area contributed by atoms with Crippen molar-refractivity contribution in [1.29, 1.82) is 5.26 Å². The van der Waals surface area contributed by atoms with Crippen LogP contribution < -0.4 is 5.73 Å². The molecule has 0 spiro atoms. The normalized spacial score (nSPS) is 9.71. The van der Waals surface area contributed by atoms with Crippen LogP contribution in [0.15, 0.2) is 12.3 Å². The summed E-state index contributed by atoms with van der Waals surface area (Å²) in [5.74, 6) is 0.0101. The van der Waals surface area contributed by atoms with Gasteiger partial charge in [-0.2, -0.15) is 5.26 Å². The maximum Gasteiger partial charge on any atom is 0.255 e. The molecule has 17 heavy (non-hydrogen) atoms. The van der Waals surface area contributed by atoms with Crippen LogP contribution in [0.25, 0.3) is 0 Å². The van der Waals surface area contributed by atoms with Crippen LogP contribution >= 0.6 is 11.6 Å². The van der Waals surface area contributed by atoms with Gasteiger partial charge in [0.1, 0.15) is 5.82 Å². The highest BCUT2D eigenvalue weighted by Gasteiger charge is 2.17. The number of nitrogen functional groups attached to an aromatic ring is 1. The van der Waals surface area contributed by atoms with Crippen LogP contribution in [-0.4, -0.2) is 28.9 Å². The molecule has 0 saturated heterocycles. The number of aromatic nitrogens is 1. The van der Waals surface area contributed by atoms with Gasteiger partial charge in [0.25, 0.3) is 5.91 Å². The van der Waals surface area contributed by atoms with E-state index >= 15 is 0 Å². The topological polar surface area (TPSA) is 83.0 Å². The van der Waals surface area contributed by atoms with Crippen molar-refractivity contribution in [2.45, 2.75) is 13.3 Å². The van der Waals surface area contributed by atoms with E-state index in [9.17, 15) is 4.79 Å². The lowest BCUT2D eigenvalue weighted by atomic mass is 10.2. The number of nitriles is 1. The molecule has 0 atom stereocenters. The smallest absolute Gasteiger partial charge is 0.255 e. The van der Waals surface area contributed by atoms with E-state index in [-0.39, 0.29) is 23.2 Å². The second kappa shape index (κ2) is 6.06. The number of nitrogens with zero attached hydrogens (tertiary/aromatic N) is 3. The highest BCUT2D eigenvalue weighted by molar-refractivity contribution is 6.33. The molecule has 6 heteroatoms.